The molecule has 1 aliphatic rings. The van der Waals surface area contributed by atoms with Crippen LogP contribution >= 0.6 is 0 Å². The monoisotopic (exact) mass is 249 g/mol. The summed E-state index contributed by atoms with van der Waals surface area (Å²) in [7, 11) is -0.502. The molecule has 1 heterocycles. The third kappa shape index (κ3) is 2.71. The fourth-order valence-electron chi connectivity index (χ4n) is 1.85. The molecule has 0 unspecified atom stereocenters. The third-order valence-corrected chi connectivity index (χ3v) is 2.95. The Morgan fingerprint density at radius 3 is 2.50 bits per heavy atom. The molecule has 1 saturated heterocycles. The summed E-state index contributed by atoms with van der Waals surface area (Å²) in [6, 6.07) is 5.06. The number of hydrogen-bond donors (Lipinski definition) is 0. The Morgan fingerprint density at radius 2 is 1.94 bits per heavy atom. The van der Waals surface area contributed by atoms with Crippen molar-refractivity contribution in [3.8, 4) is 0 Å². The van der Waals surface area contributed by atoms with Crippen LogP contribution in [0.5, 0.6) is 0 Å². The predicted molar refractivity (Wildman–Crippen MR) is 68.9 cm³/mol. The maximum absolute atomic E-state index is 10.9. The van der Waals surface area contributed by atoms with Gasteiger partial charge in [-0.25, -0.2) is 0 Å². The SMILES string of the molecule is Cc1ccc(B2OCC(C)(C)CO2)cc1[N+](=O)[O-]. The standard InChI is InChI=1S/C12H16BNO4/c1-9-4-5-10(6-11(9)14(15)16)13-17-7-12(2,3)8-18-13/h4-6H,7-8H2,1-3H3. The van der Waals surface area contributed by atoms with E-state index >= 15 is 0 Å². The smallest absolute Gasteiger partial charge is 0.407 e. The van der Waals surface area contributed by atoms with Crippen LogP contribution in [0, 0.1) is 22.5 Å². The molecule has 0 spiro atoms. The van der Waals surface area contributed by atoms with Gasteiger partial charge in [0.1, 0.15) is 0 Å². The summed E-state index contributed by atoms with van der Waals surface area (Å²) in [5.74, 6) is 0. The Kier molecular flexibility index (Phi) is 3.41. The number of aryl methyl sites for hydroxylation is 1. The van der Waals surface area contributed by atoms with Crippen LogP contribution in [-0.4, -0.2) is 25.3 Å². The maximum Gasteiger partial charge on any atom is 0.494 e. The number of hydrogen-bond acceptors (Lipinski definition) is 4. The van der Waals surface area contributed by atoms with Gasteiger partial charge in [-0.15, -0.1) is 0 Å². The zero-order chi connectivity index (χ0) is 13.3. The summed E-state index contributed by atoms with van der Waals surface area (Å²) in [4.78, 5) is 10.5. The lowest BCUT2D eigenvalue weighted by Crippen LogP contribution is -2.47. The zero-order valence-corrected chi connectivity index (χ0v) is 10.8. The average molecular weight is 249 g/mol. The molecule has 1 aliphatic heterocycles. The summed E-state index contributed by atoms with van der Waals surface area (Å²) < 4.78 is 11.2. The molecule has 0 N–H and O–H groups in total. The fourth-order valence-corrected chi connectivity index (χ4v) is 1.85. The van der Waals surface area contributed by atoms with E-state index in [9.17, 15) is 10.1 Å². The van der Waals surface area contributed by atoms with Gasteiger partial charge in [-0.3, -0.25) is 10.1 Å². The molecule has 1 aromatic carbocycles. The Balaban J connectivity index is 2.20. The minimum atomic E-state index is -0.502. The van der Waals surface area contributed by atoms with E-state index in [1.165, 1.54) is 6.07 Å². The molecule has 0 atom stereocenters. The average Bonchev–Trinajstić information content (AvgIpc) is 2.30. The third-order valence-electron chi connectivity index (χ3n) is 2.95. The Morgan fingerprint density at radius 1 is 1.33 bits per heavy atom. The van der Waals surface area contributed by atoms with Gasteiger partial charge in [0.15, 0.2) is 0 Å². The number of nitrogens with zero attached hydrogens (tertiary/aromatic N) is 1. The van der Waals surface area contributed by atoms with Crippen molar-refractivity contribution in [2.45, 2.75) is 20.8 Å². The molecule has 6 heteroatoms. The molecule has 0 bridgehead atoms. The van der Waals surface area contributed by atoms with Crippen LogP contribution in [0.1, 0.15) is 19.4 Å². The van der Waals surface area contributed by atoms with Gasteiger partial charge in [-0.05, 0) is 12.4 Å². The number of nitro groups is 1. The normalized spacial score (nSPS) is 18.7. The van der Waals surface area contributed by atoms with Crippen molar-refractivity contribution in [1.82, 2.24) is 0 Å². The highest BCUT2D eigenvalue weighted by atomic mass is 16.6. The van der Waals surface area contributed by atoms with Crippen LogP contribution < -0.4 is 5.46 Å². The van der Waals surface area contributed by atoms with Gasteiger partial charge in [-0.1, -0.05) is 26.0 Å². The first-order valence-corrected chi connectivity index (χ1v) is 5.87. The molecule has 2 rings (SSSR count). The highest BCUT2D eigenvalue weighted by molar-refractivity contribution is 6.61. The zero-order valence-electron chi connectivity index (χ0n) is 10.8. The van der Waals surface area contributed by atoms with Gasteiger partial charge in [0, 0.05) is 30.3 Å². The van der Waals surface area contributed by atoms with E-state index in [1.807, 2.05) is 6.07 Å². The van der Waals surface area contributed by atoms with E-state index in [0.717, 1.165) is 0 Å². The fraction of sp³-hybridized carbons (Fsp3) is 0.500. The topological polar surface area (TPSA) is 61.6 Å². The Bertz CT molecular complexity index is 465. The van der Waals surface area contributed by atoms with E-state index < -0.39 is 7.12 Å². The highest BCUT2D eigenvalue weighted by Crippen LogP contribution is 2.22. The van der Waals surface area contributed by atoms with Gasteiger partial charge in [-0.2, -0.15) is 0 Å². The molecular formula is C12H16BNO4. The van der Waals surface area contributed by atoms with Crippen molar-refractivity contribution < 1.29 is 14.2 Å². The second-order valence-corrected chi connectivity index (χ2v) is 5.42. The van der Waals surface area contributed by atoms with Gasteiger partial charge in [0.05, 0.1) is 4.92 Å². The minimum absolute atomic E-state index is 0.00681. The van der Waals surface area contributed by atoms with Crippen LogP contribution in [0.15, 0.2) is 18.2 Å². The van der Waals surface area contributed by atoms with Crippen LogP contribution in [-0.2, 0) is 9.31 Å². The summed E-state index contributed by atoms with van der Waals surface area (Å²) in [6.07, 6.45) is 0. The number of benzene rings is 1. The molecule has 1 aromatic rings. The first-order chi connectivity index (χ1) is 8.39. The molecule has 0 saturated carbocycles. The second-order valence-electron chi connectivity index (χ2n) is 5.42. The molecule has 0 aliphatic carbocycles. The lowest BCUT2D eigenvalue weighted by molar-refractivity contribution is -0.385. The summed E-state index contributed by atoms with van der Waals surface area (Å²) >= 11 is 0. The molecule has 96 valence electrons. The predicted octanol–water partition coefficient (Wildman–Crippen LogP) is 1.67. The van der Waals surface area contributed by atoms with Gasteiger partial charge in [0.2, 0.25) is 0 Å². The van der Waals surface area contributed by atoms with E-state index in [-0.39, 0.29) is 16.0 Å². The molecule has 5 nitrogen and oxygen atoms in total. The summed E-state index contributed by atoms with van der Waals surface area (Å²) in [5.41, 5.74) is 1.43. The van der Waals surface area contributed by atoms with Gasteiger partial charge in [0.25, 0.3) is 5.69 Å². The Labute approximate surface area is 106 Å². The molecule has 1 fully saturated rings. The van der Waals surface area contributed by atoms with Crippen LogP contribution in [0.2, 0.25) is 0 Å². The first-order valence-electron chi connectivity index (χ1n) is 5.87. The molecule has 0 radical (unpaired) electrons. The van der Waals surface area contributed by atoms with Crippen molar-refractivity contribution in [3.63, 3.8) is 0 Å². The van der Waals surface area contributed by atoms with Crippen LogP contribution in [0.3, 0.4) is 0 Å². The minimum Gasteiger partial charge on any atom is -0.407 e. The first kappa shape index (κ1) is 13.0. The van der Waals surface area contributed by atoms with Crippen LogP contribution in [0.25, 0.3) is 0 Å². The van der Waals surface area contributed by atoms with E-state index in [4.69, 9.17) is 9.31 Å². The van der Waals surface area contributed by atoms with Gasteiger partial charge < -0.3 is 9.31 Å². The molecular weight excluding hydrogens is 233 g/mol. The molecule has 0 amide bonds. The maximum atomic E-state index is 10.9. The van der Waals surface area contributed by atoms with Crippen LogP contribution in [0.4, 0.5) is 5.69 Å². The van der Waals surface area contributed by atoms with E-state index in [0.29, 0.717) is 24.2 Å². The second kappa shape index (κ2) is 4.70. The Hall–Kier alpha value is -1.40. The quantitative estimate of drug-likeness (QED) is 0.454. The summed E-state index contributed by atoms with van der Waals surface area (Å²) in [5, 5.41) is 10.9. The van der Waals surface area contributed by atoms with Crippen molar-refractivity contribution in [3.05, 3.63) is 33.9 Å². The molecule has 18 heavy (non-hydrogen) atoms. The molecule has 0 aromatic heterocycles. The van der Waals surface area contributed by atoms with Crippen molar-refractivity contribution >= 4 is 18.3 Å². The lowest BCUT2D eigenvalue weighted by Gasteiger charge is -2.33. The van der Waals surface area contributed by atoms with Crippen molar-refractivity contribution in [1.29, 1.82) is 0 Å². The largest absolute Gasteiger partial charge is 0.494 e. The summed E-state index contributed by atoms with van der Waals surface area (Å²) in [6.45, 7) is 6.99. The van der Waals surface area contributed by atoms with Crippen molar-refractivity contribution in [2.75, 3.05) is 13.2 Å². The lowest BCUT2D eigenvalue weighted by atomic mass is 9.75. The van der Waals surface area contributed by atoms with E-state index in [2.05, 4.69) is 13.8 Å². The van der Waals surface area contributed by atoms with Gasteiger partial charge >= 0.3 is 7.12 Å². The van der Waals surface area contributed by atoms with E-state index in [1.54, 1.807) is 13.0 Å². The van der Waals surface area contributed by atoms with Crippen molar-refractivity contribution in [2.24, 2.45) is 5.41 Å². The number of nitro benzene ring substituents is 1. The number of rotatable bonds is 2. The highest BCUT2D eigenvalue weighted by Gasteiger charge is 2.34.